The molecule has 0 fully saturated rings. The second kappa shape index (κ2) is 6.73. The fourth-order valence-electron chi connectivity index (χ4n) is 3.17. The van der Waals surface area contributed by atoms with Crippen LogP contribution in [0, 0.1) is 0 Å². The van der Waals surface area contributed by atoms with Crippen LogP contribution in [0.25, 0.3) is 0 Å². The Bertz CT molecular complexity index is 697. The Hall–Kier alpha value is -2.49. The van der Waals surface area contributed by atoms with Gasteiger partial charge in [-0.2, -0.15) is 0 Å². The number of hydrogen-bond donors (Lipinski definition) is 1. The predicted octanol–water partition coefficient (Wildman–Crippen LogP) is 3.76. The van der Waals surface area contributed by atoms with E-state index in [1.54, 1.807) is 14.2 Å². The molecule has 120 valence electrons. The number of aryl methyl sites for hydroxylation is 1. The van der Waals surface area contributed by atoms with Crippen LogP contribution in [0.4, 0.5) is 5.69 Å². The normalized spacial score (nSPS) is 16.4. The molecule has 1 heterocycles. The van der Waals surface area contributed by atoms with E-state index < -0.39 is 0 Å². The van der Waals surface area contributed by atoms with Crippen LogP contribution in [-0.4, -0.2) is 20.1 Å². The summed E-state index contributed by atoms with van der Waals surface area (Å²) in [5.41, 5.74) is 3.16. The van der Waals surface area contributed by atoms with Gasteiger partial charge in [-0.3, -0.25) is 4.79 Å². The molecule has 1 aliphatic heterocycles. The summed E-state index contributed by atoms with van der Waals surface area (Å²) in [7, 11) is 3.26. The topological polar surface area (TPSA) is 47.6 Å². The Balaban J connectivity index is 1.89. The standard InChI is InChI=1S/C19H21NO3/c1-22-15-11-16-19(17(12-15)23-2)14(10-18(21)20-16)9-8-13-6-4-3-5-7-13/h3-7,11-12,14H,8-10H2,1-2H3,(H,20,21)/t14-/m1/s1. The average molecular weight is 311 g/mol. The van der Waals surface area contributed by atoms with E-state index in [1.165, 1.54) is 5.56 Å². The highest BCUT2D eigenvalue weighted by molar-refractivity contribution is 5.95. The van der Waals surface area contributed by atoms with Gasteiger partial charge in [0.1, 0.15) is 11.5 Å². The van der Waals surface area contributed by atoms with Crippen molar-refractivity contribution in [2.45, 2.75) is 25.2 Å². The van der Waals surface area contributed by atoms with E-state index in [0.717, 1.165) is 29.8 Å². The summed E-state index contributed by atoms with van der Waals surface area (Å²) >= 11 is 0. The molecule has 1 amide bonds. The number of amides is 1. The van der Waals surface area contributed by atoms with Gasteiger partial charge < -0.3 is 14.8 Å². The Morgan fingerprint density at radius 1 is 1.13 bits per heavy atom. The molecule has 4 nitrogen and oxygen atoms in total. The molecule has 0 saturated carbocycles. The van der Waals surface area contributed by atoms with Crippen molar-refractivity contribution in [3.05, 3.63) is 53.6 Å². The monoisotopic (exact) mass is 311 g/mol. The highest BCUT2D eigenvalue weighted by atomic mass is 16.5. The largest absolute Gasteiger partial charge is 0.497 e. The fraction of sp³-hybridized carbons (Fsp3) is 0.316. The summed E-state index contributed by atoms with van der Waals surface area (Å²) in [4.78, 5) is 12.1. The molecule has 23 heavy (non-hydrogen) atoms. The SMILES string of the molecule is COc1cc2c(c(OC)c1)[C@H](CCc1ccccc1)CC(=O)N2. The molecule has 1 aliphatic rings. The van der Waals surface area contributed by atoms with Crippen LogP contribution in [0.5, 0.6) is 11.5 Å². The summed E-state index contributed by atoms with van der Waals surface area (Å²) in [6, 6.07) is 14.1. The van der Waals surface area contributed by atoms with Gasteiger partial charge in [0, 0.05) is 24.1 Å². The zero-order chi connectivity index (χ0) is 16.2. The molecule has 0 radical (unpaired) electrons. The molecule has 2 aromatic carbocycles. The zero-order valence-electron chi connectivity index (χ0n) is 13.5. The van der Waals surface area contributed by atoms with E-state index in [9.17, 15) is 4.79 Å². The highest BCUT2D eigenvalue weighted by Gasteiger charge is 2.29. The molecule has 0 saturated heterocycles. The van der Waals surface area contributed by atoms with E-state index in [1.807, 2.05) is 30.3 Å². The quantitative estimate of drug-likeness (QED) is 0.914. The third kappa shape index (κ3) is 3.31. The number of rotatable bonds is 5. The number of carbonyl (C=O) groups is 1. The number of benzene rings is 2. The molecule has 0 unspecified atom stereocenters. The van der Waals surface area contributed by atoms with E-state index in [2.05, 4.69) is 17.4 Å². The average Bonchev–Trinajstić information content (AvgIpc) is 2.59. The van der Waals surface area contributed by atoms with Crippen molar-refractivity contribution in [1.29, 1.82) is 0 Å². The molecular formula is C19H21NO3. The Morgan fingerprint density at radius 2 is 1.91 bits per heavy atom. The number of methoxy groups -OCH3 is 2. The van der Waals surface area contributed by atoms with Crippen molar-refractivity contribution in [2.24, 2.45) is 0 Å². The first-order valence-corrected chi connectivity index (χ1v) is 7.81. The first kappa shape index (κ1) is 15.4. The zero-order valence-corrected chi connectivity index (χ0v) is 13.5. The first-order chi connectivity index (χ1) is 11.2. The fourth-order valence-corrected chi connectivity index (χ4v) is 3.17. The number of anilines is 1. The van der Waals surface area contributed by atoms with Gasteiger partial charge in [-0.25, -0.2) is 0 Å². The number of nitrogens with one attached hydrogen (secondary N) is 1. The third-order valence-electron chi connectivity index (χ3n) is 4.31. The van der Waals surface area contributed by atoms with Crippen LogP contribution in [0.15, 0.2) is 42.5 Å². The Kier molecular flexibility index (Phi) is 4.51. The highest BCUT2D eigenvalue weighted by Crippen LogP contribution is 2.43. The van der Waals surface area contributed by atoms with Crippen molar-refractivity contribution in [3.63, 3.8) is 0 Å². The lowest BCUT2D eigenvalue weighted by atomic mass is 9.85. The van der Waals surface area contributed by atoms with Crippen LogP contribution < -0.4 is 14.8 Å². The second-order valence-electron chi connectivity index (χ2n) is 5.76. The minimum Gasteiger partial charge on any atom is -0.497 e. The van der Waals surface area contributed by atoms with Crippen molar-refractivity contribution in [3.8, 4) is 11.5 Å². The van der Waals surface area contributed by atoms with Gasteiger partial charge in [-0.05, 0) is 24.3 Å². The van der Waals surface area contributed by atoms with Gasteiger partial charge in [0.25, 0.3) is 0 Å². The van der Waals surface area contributed by atoms with E-state index >= 15 is 0 Å². The molecule has 0 bridgehead atoms. The molecular weight excluding hydrogens is 290 g/mol. The molecule has 3 rings (SSSR count). The van der Waals surface area contributed by atoms with Crippen LogP contribution in [0.2, 0.25) is 0 Å². The Morgan fingerprint density at radius 3 is 2.61 bits per heavy atom. The maximum absolute atomic E-state index is 12.1. The molecule has 2 aromatic rings. The van der Waals surface area contributed by atoms with Gasteiger partial charge in [0.2, 0.25) is 5.91 Å². The van der Waals surface area contributed by atoms with Crippen molar-refractivity contribution in [1.82, 2.24) is 0 Å². The van der Waals surface area contributed by atoms with Gasteiger partial charge >= 0.3 is 0 Å². The van der Waals surface area contributed by atoms with Gasteiger partial charge in [-0.15, -0.1) is 0 Å². The maximum Gasteiger partial charge on any atom is 0.225 e. The van der Waals surface area contributed by atoms with Crippen LogP contribution >= 0.6 is 0 Å². The van der Waals surface area contributed by atoms with E-state index in [-0.39, 0.29) is 11.8 Å². The van der Waals surface area contributed by atoms with E-state index in [4.69, 9.17) is 9.47 Å². The molecule has 0 aliphatic carbocycles. The summed E-state index contributed by atoms with van der Waals surface area (Å²) < 4.78 is 10.8. The van der Waals surface area contributed by atoms with Gasteiger partial charge in [0.15, 0.2) is 0 Å². The minimum absolute atomic E-state index is 0.0471. The van der Waals surface area contributed by atoms with Crippen LogP contribution in [0.1, 0.15) is 29.9 Å². The molecule has 4 heteroatoms. The predicted molar refractivity (Wildman–Crippen MR) is 90.3 cm³/mol. The second-order valence-corrected chi connectivity index (χ2v) is 5.76. The minimum atomic E-state index is 0.0471. The summed E-state index contributed by atoms with van der Waals surface area (Å²) in [6.45, 7) is 0. The lowest BCUT2D eigenvalue weighted by molar-refractivity contribution is -0.116. The molecule has 1 atom stereocenters. The first-order valence-electron chi connectivity index (χ1n) is 7.81. The lowest BCUT2D eigenvalue weighted by Crippen LogP contribution is -2.24. The van der Waals surface area contributed by atoms with Gasteiger partial charge in [0.05, 0.1) is 19.9 Å². The molecule has 0 aromatic heterocycles. The number of carbonyl (C=O) groups excluding carboxylic acids is 1. The van der Waals surface area contributed by atoms with Crippen molar-refractivity contribution >= 4 is 11.6 Å². The molecule has 1 N–H and O–H groups in total. The van der Waals surface area contributed by atoms with Crippen LogP contribution in [0.3, 0.4) is 0 Å². The number of ether oxygens (including phenoxy) is 2. The van der Waals surface area contributed by atoms with Crippen LogP contribution in [-0.2, 0) is 11.2 Å². The lowest BCUT2D eigenvalue weighted by Gasteiger charge is -2.28. The summed E-state index contributed by atoms with van der Waals surface area (Å²) in [6.07, 6.45) is 2.34. The summed E-state index contributed by atoms with van der Waals surface area (Å²) in [5, 5.41) is 2.94. The third-order valence-corrected chi connectivity index (χ3v) is 4.31. The Labute approximate surface area is 136 Å². The van der Waals surface area contributed by atoms with Crippen molar-refractivity contribution < 1.29 is 14.3 Å². The summed E-state index contributed by atoms with van der Waals surface area (Å²) in [5.74, 6) is 1.66. The van der Waals surface area contributed by atoms with Gasteiger partial charge in [-0.1, -0.05) is 30.3 Å². The number of hydrogen-bond acceptors (Lipinski definition) is 3. The smallest absolute Gasteiger partial charge is 0.225 e. The molecule has 0 spiro atoms. The van der Waals surface area contributed by atoms with E-state index in [0.29, 0.717) is 12.2 Å². The van der Waals surface area contributed by atoms with Crippen molar-refractivity contribution in [2.75, 3.05) is 19.5 Å². The number of fused-ring (bicyclic) bond motifs is 1. The maximum atomic E-state index is 12.1.